The lowest BCUT2D eigenvalue weighted by Gasteiger charge is -2.33. The molecule has 2 rings (SSSR count). The zero-order chi connectivity index (χ0) is 11.5. The number of aldehydes is 1. The monoisotopic (exact) mass is 221 g/mol. The number of piperidine rings is 1. The van der Waals surface area contributed by atoms with Gasteiger partial charge < -0.3 is 4.90 Å². The molecular formula is C13H16FNO. The van der Waals surface area contributed by atoms with E-state index in [0.29, 0.717) is 17.2 Å². The quantitative estimate of drug-likeness (QED) is 0.716. The van der Waals surface area contributed by atoms with Crippen LogP contribution in [0.25, 0.3) is 0 Å². The Balaban J connectivity index is 2.28. The van der Waals surface area contributed by atoms with Gasteiger partial charge in [0.05, 0.1) is 5.69 Å². The number of para-hydroxylation sites is 1. The van der Waals surface area contributed by atoms with E-state index in [-0.39, 0.29) is 5.82 Å². The second kappa shape index (κ2) is 4.64. The molecule has 16 heavy (non-hydrogen) atoms. The predicted octanol–water partition coefficient (Wildman–Crippen LogP) is 2.87. The Labute approximate surface area is 95.1 Å². The normalized spacial score (nSPS) is 17.5. The SMILES string of the molecule is CC1CCN(c2c(F)cccc2C=O)CC1. The van der Waals surface area contributed by atoms with Gasteiger partial charge in [0.25, 0.3) is 0 Å². The van der Waals surface area contributed by atoms with Crippen LogP contribution in [0.2, 0.25) is 0 Å². The zero-order valence-corrected chi connectivity index (χ0v) is 9.45. The summed E-state index contributed by atoms with van der Waals surface area (Å²) in [6.07, 6.45) is 2.86. The van der Waals surface area contributed by atoms with Crippen molar-refractivity contribution in [2.24, 2.45) is 5.92 Å². The van der Waals surface area contributed by atoms with Crippen molar-refractivity contribution in [3.05, 3.63) is 29.6 Å². The van der Waals surface area contributed by atoms with E-state index in [1.54, 1.807) is 12.1 Å². The molecule has 1 fully saturated rings. The molecule has 0 spiro atoms. The average molecular weight is 221 g/mol. The van der Waals surface area contributed by atoms with Gasteiger partial charge in [-0.3, -0.25) is 4.79 Å². The summed E-state index contributed by atoms with van der Waals surface area (Å²) in [5.74, 6) is 0.404. The summed E-state index contributed by atoms with van der Waals surface area (Å²) in [4.78, 5) is 12.9. The number of hydrogen-bond donors (Lipinski definition) is 0. The van der Waals surface area contributed by atoms with E-state index in [4.69, 9.17) is 0 Å². The third-order valence-corrected chi connectivity index (χ3v) is 3.24. The number of halogens is 1. The number of carbonyl (C=O) groups excluding carboxylic acids is 1. The molecule has 0 aliphatic carbocycles. The Hall–Kier alpha value is -1.38. The Kier molecular flexibility index (Phi) is 3.22. The summed E-state index contributed by atoms with van der Waals surface area (Å²) in [7, 11) is 0. The fourth-order valence-corrected chi connectivity index (χ4v) is 2.19. The van der Waals surface area contributed by atoms with E-state index in [1.807, 2.05) is 4.90 Å². The fourth-order valence-electron chi connectivity index (χ4n) is 2.19. The lowest BCUT2D eigenvalue weighted by atomic mass is 9.98. The summed E-state index contributed by atoms with van der Waals surface area (Å²) in [6, 6.07) is 4.67. The van der Waals surface area contributed by atoms with Crippen molar-refractivity contribution in [3.8, 4) is 0 Å². The molecule has 1 saturated heterocycles. The Bertz CT molecular complexity index is 384. The molecule has 0 N–H and O–H groups in total. The van der Waals surface area contributed by atoms with Crippen LogP contribution in [0.5, 0.6) is 0 Å². The summed E-state index contributed by atoms with van der Waals surface area (Å²) in [5, 5.41) is 0. The van der Waals surface area contributed by atoms with Gasteiger partial charge in [0, 0.05) is 18.7 Å². The smallest absolute Gasteiger partial charge is 0.152 e. The van der Waals surface area contributed by atoms with E-state index >= 15 is 0 Å². The molecule has 1 aliphatic heterocycles. The highest BCUT2D eigenvalue weighted by molar-refractivity contribution is 5.84. The summed E-state index contributed by atoms with van der Waals surface area (Å²) >= 11 is 0. The van der Waals surface area contributed by atoms with Crippen molar-refractivity contribution in [2.45, 2.75) is 19.8 Å². The molecule has 0 radical (unpaired) electrons. The molecular weight excluding hydrogens is 205 g/mol. The first kappa shape index (κ1) is 11.1. The van der Waals surface area contributed by atoms with E-state index in [9.17, 15) is 9.18 Å². The maximum absolute atomic E-state index is 13.7. The lowest BCUT2D eigenvalue weighted by Crippen LogP contribution is -2.34. The number of benzene rings is 1. The van der Waals surface area contributed by atoms with Crippen LogP contribution in [0.4, 0.5) is 10.1 Å². The molecule has 1 heterocycles. The van der Waals surface area contributed by atoms with E-state index in [0.717, 1.165) is 32.2 Å². The van der Waals surface area contributed by atoms with Crippen LogP contribution in [-0.4, -0.2) is 19.4 Å². The van der Waals surface area contributed by atoms with Crippen molar-refractivity contribution in [1.29, 1.82) is 0 Å². The summed E-state index contributed by atoms with van der Waals surface area (Å²) in [5.41, 5.74) is 0.930. The highest BCUT2D eigenvalue weighted by atomic mass is 19.1. The van der Waals surface area contributed by atoms with E-state index in [2.05, 4.69) is 6.92 Å². The second-order valence-corrected chi connectivity index (χ2v) is 4.47. The molecule has 1 aromatic carbocycles. The molecule has 0 aromatic heterocycles. The number of hydrogen-bond acceptors (Lipinski definition) is 2. The molecule has 0 unspecified atom stereocenters. The molecule has 0 bridgehead atoms. The average Bonchev–Trinajstić information content (AvgIpc) is 2.30. The highest BCUT2D eigenvalue weighted by Crippen LogP contribution is 2.27. The first-order chi connectivity index (χ1) is 7.72. The Morgan fingerprint density at radius 3 is 2.69 bits per heavy atom. The third kappa shape index (κ3) is 2.08. The Morgan fingerprint density at radius 2 is 2.06 bits per heavy atom. The molecule has 0 saturated carbocycles. The van der Waals surface area contributed by atoms with E-state index in [1.165, 1.54) is 6.07 Å². The number of anilines is 1. The van der Waals surface area contributed by atoms with Crippen molar-refractivity contribution in [2.75, 3.05) is 18.0 Å². The van der Waals surface area contributed by atoms with Crippen LogP contribution in [-0.2, 0) is 0 Å². The van der Waals surface area contributed by atoms with E-state index < -0.39 is 0 Å². The molecule has 1 aromatic rings. The first-order valence-electron chi connectivity index (χ1n) is 5.71. The van der Waals surface area contributed by atoms with Gasteiger partial charge in [0.15, 0.2) is 6.29 Å². The van der Waals surface area contributed by atoms with Crippen LogP contribution >= 0.6 is 0 Å². The first-order valence-corrected chi connectivity index (χ1v) is 5.71. The van der Waals surface area contributed by atoms with Crippen LogP contribution < -0.4 is 4.90 Å². The summed E-state index contributed by atoms with van der Waals surface area (Å²) < 4.78 is 13.7. The van der Waals surface area contributed by atoms with Gasteiger partial charge in [0.1, 0.15) is 5.82 Å². The van der Waals surface area contributed by atoms with Crippen molar-refractivity contribution >= 4 is 12.0 Å². The van der Waals surface area contributed by atoms with Gasteiger partial charge in [-0.15, -0.1) is 0 Å². The van der Waals surface area contributed by atoms with Crippen molar-refractivity contribution in [1.82, 2.24) is 0 Å². The summed E-state index contributed by atoms with van der Waals surface area (Å²) in [6.45, 7) is 3.88. The van der Waals surface area contributed by atoms with Gasteiger partial charge in [-0.2, -0.15) is 0 Å². The maximum Gasteiger partial charge on any atom is 0.152 e. The van der Waals surface area contributed by atoms with Crippen molar-refractivity contribution in [3.63, 3.8) is 0 Å². The lowest BCUT2D eigenvalue weighted by molar-refractivity contribution is 0.112. The van der Waals surface area contributed by atoms with Crippen LogP contribution in [0.3, 0.4) is 0 Å². The molecule has 3 heteroatoms. The number of rotatable bonds is 2. The number of nitrogens with zero attached hydrogens (tertiary/aromatic N) is 1. The second-order valence-electron chi connectivity index (χ2n) is 4.47. The van der Waals surface area contributed by atoms with Gasteiger partial charge in [-0.05, 0) is 30.9 Å². The topological polar surface area (TPSA) is 20.3 Å². The largest absolute Gasteiger partial charge is 0.369 e. The highest BCUT2D eigenvalue weighted by Gasteiger charge is 2.20. The van der Waals surface area contributed by atoms with Crippen LogP contribution in [0.1, 0.15) is 30.1 Å². The minimum absolute atomic E-state index is 0.292. The van der Waals surface area contributed by atoms with Crippen molar-refractivity contribution < 1.29 is 9.18 Å². The molecule has 86 valence electrons. The van der Waals surface area contributed by atoms with Gasteiger partial charge >= 0.3 is 0 Å². The fraction of sp³-hybridized carbons (Fsp3) is 0.462. The number of carbonyl (C=O) groups is 1. The van der Waals surface area contributed by atoms with Crippen LogP contribution in [0.15, 0.2) is 18.2 Å². The molecule has 0 atom stereocenters. The Morgan fingerprint density at radius 1 is 1.38 bits per heavy atom. The third-order valence-electron chi connectivity index (χ3n) is 3.24. The van der Waals surface area contributed by atoms with Crippen LogP contribution in [0, 0.1) is 11.7 Å². The predicted molar refractivity (Wildman–Crippen MR) is 62.4 cm³/mol. The standard InChI is InChI=1S/C13H16FNO/c1-10-5-7-15(8-6-10)13-11(9-16)3-2-4-12(13)14/h2-4,9-10H,5-8H2,1H3. The van der Waals surface area contributed by atoms with Gasteiger partial charge in [-0.25, -0.2) is 4.39 Å². The zero-order valence-electron chi connectivity index (χ0n) is 9.45. The molecule has 2 nitrogen and oxygen atoms in total. The molecule has 0 amide bonds. The minimum atomic E-state index is -0.292. The van der Waals surface area contributed by atoms with Gasteiger partial charge in [0.2, 0.25) is 0 Å². The molecule has 1 aliphatic rings. The minimum Gasteiger partial charge on any atom is -0.369 e. The maximum atomic E-state index is 13.7. The van der Waals surface area contributed by atoms with Gasteiger partial charge in [-0.1, -0.05) is 13.0 Å².